The molecule has 0 aromatic heterocycles. The molecular weight excluding hydrogens is 298 g/mol. The van der Waals surface area contributed by atoms with Gasteiger partial charge in [0, 0.05) is 6.04 Å². The highest BCUT2D eigenvalue weighted by atomic mass is 16.5. The number of methoxy groups -OCH3 is 1. The Bertz CT molecular complexity index is 690. The Hall–Kier alpha value is -2.65. The number of allylic oxidation sites excluding steroid dienone is 1. The summed E-state index contributed by atoms with van der Waals surface area (Å²) >= 11 is 0. The van der Waals surface area contributed by atoms with Crippen LogP contribution in [0.1, 0.15) is 24.0 Å². The van der Waals surface area contributed by atoms with Gasteiger partial charge < -0.3 is 10.5 Å². The number of nitrogens with two attached hydrogens (primary N) is 1. The van der Waals surface area contributed by atoms with E-state index in [4.69, 9.17) is 10.5 Å². The molecule has 0 radical (unpaired) electrons. The van der Waals surface area contributed by atoms with Gasteiger partial charge in [0.2, 0.25) is 0 Å². The summed E-state index contributed by atoms with van der Waals surface area (Å²) in [5, 5.41) is 0. The van der Waals surface area contributed by atoms with E-state index >= 15 is 0 Å². The molecule has 2 rings (SSSR count). The van der Waals surface area contributed by atoms with Crippen molar-refractivity contribution in [1.82, 2.24) is 0 Å². The first-order valence-electron chi connectivity index (χ1n) is 8.03. The van der Waals surface area contributed by atoms with Gasteiger partial charge >= 0.3 is 5.97 Å². The van der Waals surface area contributed by atoms with Gasteiger partial charge in [0.25, 0.3) is 0 Å². The first kappa shape index (κ1) is 17.7. The van der Waals surface area contributed by atoms with Crippen LogP contribution in [0.2, 0.25) is 0 Å². The smallest absolute Gasteiger partial charge is 0.335 e. The lowest BCUT2D eigenvalue weighted by Crippen LogP contribution is -2.27. The van der Waals surface area contributed by atoms with Gasteiger partial charge in [-0.15, -0.1) is 0 Å². The maximum atomic E-state index is 12.0. The van der Waals surface area contributed by atoms with Crippen molar-refractivity contribution in [2.75, 3.05) is 7.11 Å². The summed E-state index contributed by atoms with van der Waals surface area (Å²) in [4.78, 5) is 12.0. The lowest BCUT2D eigenvalue weighted by Gasteiger charge is -2.13. The van der Waals surface area contributed by atoms with E-state index in [9.17, 15) is 4.79 Å². The van der Waals surface area contributed by atoms with E-state index in [1.54, 1.807) is 6.08 Å². The van der Waals surface area contributed by atoms with Gasteiger partial charge in [0.1, 0.15) is 0 Å². The maximum Gasteiger partial charge on any atom is 0.335 e. The molecule has 2 aromatic carbocycles. The van der Waals surface area contributed by atoms with Crippen molar-refractivity contribution in [1.29, 1.82) is 0 Å². The van der Waals surface area contributed by atoms with E-state index < -0.39 is 0 Å². The Morgan fingerprint density at radius 2 is 1.62 bits per heavy atom. The molecule has 0 spiro atoms. The molecule has 3 nitrogen and oxygen atoms in total. The third kappa shape index (κ3) is 5.52. The lowest BCUT2D eigenvalue weighted by molar-refractivity contribution is -0.136. The monoisotopic (exact) mass is 321 g/mol. The van der Waals surface area contributed by atoms with Crippen molar-refractivity contribution >= 4 is 18.1 Å². The van der Waals surface area contributed by atoms with E-state index in [-0.39, 0.29) is 12.0 Å². The number of benzene rings is 2. The van der Waals surface area contributed by atoms with Gasteiger partial charge in [0.15, 0.2) is 0 Å². The predicted molar refractivity (Wildman–Crippen MR) is 99.1 cm³/mol. The van der Waals surface area contributed by atoms with Crippen LogP contribution < -0.4 is 5.73 Å². The van der Waals surface area contributed by atoms with Gasteiger partial charge in [-0.05, 0) is 30.0 Å². The minimum absolute atomic E-state index is 0.363. The number of rotatable bonds is 7. The number of carbonyl (C=O) groups is 1. The number of hydrogen-bond donors (Lipinski definition) is 1. The number of hydrogen-bond acceptors (Lipinski definition) is 3. The summed E-state index contributed by atoms with van der Waals surface area (Å²) < 4.78 is 4.88. The van der Waals surface area contributed by atoms with Crippen molar-refractivity contribution in [3.63, 3.8) is 0 Å². The molecule has 0 fully saturated rings. The van der Waals surface area contributed by atoms with Gasteiger partial charge in [-0.3, -0.25) is 0 Å². The van der Waals surface area contributed by atoms with Crippen LogP contribution in [-0.4, -0.2) is 19.1 Å². The zero-order valence-electron chi connectivity index (χ0n) is 13.9. The Morgan fingerprint density at radius 1 is 1.04 bits per heavy atom. The van der Waals surface area contributed by atoms with Crippen molar-refractivity contribution in [3.05, 3.63) is 83.4 Å². The molecular formula is C21H23NO2. The van der Waals surface area contributed by atoms with Gasteiger partial charge in [-0.2, -0.15) is 0 Å². The van der Waals surface area contributed by atoms with Gasteiger partial charge in [-0.25, -0.2) is 4.79 Å². The van der Waals surface area contributed by atoms with Gasteiger partial charge in [0.05, 0.1) is 12.7 Å². The highest BCUT2D eigenvalue weighted by Gasteiger charge is 2.17. The lowest BCUT2D eigenvalue weighted by atomic mass is 10.00. The summed E-state index contributed by atoms with van der Waals surface area (Å²) in [5.41, 5.74) is 8.81. The maximum absolute atomic E-state index is 12.0. The molecule has 24 heavy (non-hydrogen) atoms. The minimum Gasteiger partial charge on any atom is -0.466 e. The second-order valence-corrected chi connectivity index (χ2v) is 5.50. The predicted octanol–water partition coefficient (Wildman–Crippen LogP) is 4.06. The molecule has 2 aromatic rings. The van der Waals surface area contributed by atoms with E-state index in [1.807, 2.05) is 60.7 Å². The normalized spacial score (nSPS) is 13.0. The van der Waals surface area contributed by atoms with Crippen LogP contribution in [0.5, 0.6) is 0 Å². The van der Waals surface area contributed by atoms with Crippen molar-refractivity contribution in [3.8, 4) is 0 Å². The van der Waals surface area contributed by atoms with E-state index in [0.717, 1.165) is 17.5 Å². The molecule has 0 saturated heterocycles. The zero-order valence-corrected chi connectivity index (χ0v) is 13.9. The summed E-state index contributed by atoms with van der Waals surface area (Å²) in [6, 6.07) is 19.4. The summed E-state index contributed by atoms with van der Waals surface area (Å²) in [6.45, 7) is 0. The molecule has 0 saturated carbocycles. The molecule has 2 N–H and O–H groups in total. The van der Waals surface area contributed by atoms with Crippen molar-refractivity contribution < 1.29 is 9.53 Å². The van der Waals surface area contributed by atoms with Crippen LogP contribution in [0.3, 0.4) is 0 Å². The topological polar surface area (TPSA) is 52.3 Å². The zero-order chi connectivity index (χ0) is 17.2. The fourth-order valence-corrected chi connectivity index (χ4v) is 2.38. The Balaban J connectivity index is 2.00. The molecule has 124 valence electrons. The quantitative estimate of drug-likeness (QED) is 0.618. The molecule has 0 heterocycles. The summed E-state index contributed by atoms with van der Waals surface area (Å²) in [5.74, 6) is -0.376. The van der Waals surface area contributed by atoms with E-state index in [1.165, 1.54) is 7.11 Å². The number of esters is 1. The highest BCUT2D eigenvalue weighted by Crippen LogP contribution is 2.15. The average molecular weight is 321 g/mol. The molecule has 0 amide bonds. The first-order chi connectivity index (χ1) is 11.7. The molecule has 0 aliphatic carbocycles. The fourth-order valence-electron chi connectivity index (χ4n) is 2.38. The molecule has 0 aliphatic heterocycles. The van der Waals surface area contributed by atoms with E-state index in [2.05, 4.69) is 12.2 Å². The summed E-state index contributed by atoms with van der Waals surface area (Å²) in [6.07, 6.45) is 7.41. The molecule has 3 heteroatoms. The molecule has 0 aliphatic rings. The first-order valence-corrected chi connectivity index (χ1v) is 8.03. The molecule has 1 unspecified atom stereocenters. The third-order valence-electron chi connectivity index (χ3n) is 3.70. The van der Waals surface area contributed by atoms with E-state index in [0.29, 0.717) is 12.0 Å². The van der Waals surface area contributed by atoms with Crippen LogP contribution >= 0.6 is 0 Å². The van der Waals surface area contributed by atoms with Crippen LogP contribution in [0, 0.1) is 0 Å². The van der Waals surface area contributed by atoms with Crippen molar-refractivity contribution in [2.45, 2.75) is 18.9 Å². The number of carbonyl (C=O) groups excluding carboxylic acids is 1. The Kier molecular flexibility index (Phi) is 6.99. The van der Waals surface area contributed by atoms with Crippen LogP contribution in [0.4, 0.5) is 0 Å². The fraction of sp³-hybridized carbons (Fsp3) is 0.190. The van der Waals surface area contributed by atoms with Gasteiger partial charge in [-0.1, -0.05) is 72.8 Å². The Morgan fingerprint density at radius 3 is 2.21 bits per heavy atom. The van der Waals surface area contributed by atoms with Crippen LogP contribution in [-0.2, 0) is 9.53 Å². The standard InChI is InChI=1S/C21H23NO2/c1-24-21(23)19(16-18-13-6-3-7-14-18)20(22)15-9-8-12-17-10-4-2-5-11-17/h2-8,10-14,16,20H,9,15,22H2,1H3. The third-order valence-corrected chi connectivity index (χ3v) is 3.70. The average Bonchev–Trinajstić information content (AvgIpc) is 2.64. The molecule has 0 bridgehead atoms. The SMILES string of the molecule is COC(=O)C(=Cc1ccccc1)C(N)CCC=Cc1ccccc1. The molecule has 1 atom stereocenters. The van der Waals surface area contributed by atoms with Crippen LogP contribution in [0.25, 0.3) is 12.2 Å². The van der Waals surface area contributed by atoms with Crippen LogP contribution in [0.15, 0.2) is 72.3 Å². The second-order valence-electron chi connectivity index (χ2n) is 5.50. The van der Waals surface area contributed by atoms with Crippen molar-refractivity contribution in [2.24, 2.45) is 5.73 Å². The summed E-state index contributed by atoms with van der Waals surface area (Å²) in [7, 11) is 1.38. The minimum atomic E-state index is -0.376. The highest BCUT2D eigenvalue weighted by molar-refractivity contribution is 5.94. The largest absolute Gasteiger partial charge is 0.466 e. The Labute approximate surface area is 143 Å². The number of ether oxygens (including phenoxy) is 1. The second kappa shape index (κ2) is 9.48.